The van der Waals surface area contributed by atoms with E-state index in [2.05, 4.69) is 4.72 Å². The van der Waals surface area contributed by atoms with Gasteiger partial charge >= 0.3 is 5.69 Å². The van der Waals surface area contributed by atoms with Crippen molar-refractivity contribution in [1.82, 2.24) is 9.13 Å². The average molecular weight is 394 g/mol. The van der Waals surface area contributed by atoms with E-state index in [0.717, 1.165) is 4.57 Å². The molecule has 7 nitrogen and oxygen atoms in total. The SMILES string of the molecule is Cc1ccc(Cl)cc1NS(=O)(=O)c1ccc2c(c1)c(=O)n(C)c(=O)n2C. The predicted octanol–water partition coefficient (Wildman–Crippen LogP) is 2.00. The summed E-state index contributed by atoms with van der Waals surface area (Å²) >= 11 is 5.93. The van der Waals surface area contributed by atoms with Gasteiger partial charge in [0.2, 0.25) is 0 Å². The van der Waals surface area contributed by atoms with E-state index in [0.29, 0.717) is 21.8 Å². The number of fused-ring (bicyclic) bond motifs is 1. The number of aryl methyl sites for hydroxylation is 2. The lowest BCUT2D eigenvalue weighted by molar-refractivity contribution is 0.601. The van der Waals surface area contributed by atoms with Crippen LogP contribution in [0.15, 0.2) is 50.9 Å². The van der Waals surface area contributed by atoms with Crippen molar-refractivity contribution in [3.8, 4) is 0 Å². The Hall–Kier alpha value is -2.58. The maximum absolute atomic E-state index is 12.7. The molecule has 0 spiro atoms. The highest BCUT2D eigenvalue weighted by Crippen LogP contribution is 2.24. The summed E-state index contributed by atoms with van der Waals surface area (Å²) in [6, 6.07) is 8.93. The van der Waals surface area contributed by atoms with Gasteiger partial charge in [-0.15, -0.1) is 0 Å². The number of benzene rings is 2. The second kappa shape index (κ2) is 6.30. The van der Waals surface area contributed by atoms with E-state index >= 15 is 0 Å². The highest BCUT2D eigenvalue weighted by Gasteiger charge is 2.18. The van der Waals surface area contributed by atoms with E-state index in [4.69, 9.17) is 11.6 Å². The molecule has 2 aromatic carbocycles. The molecule has 0 bridgehead atoms. The molecule has 0 aliphatic rings. The van der Waals surface area contributed by atoms with Gasteiger partial charge in [0, 0.05) is 19.1 Å². The van der Waals surface area contributed by atoms with E-state index in [1.165, 1.54) is 42.9 Å². The van der Waals surface area contributed by atoms with Gasteiger partial charge in [0.05, 0.1) is 21.5 Å². The standard InChI is InChI=1S/C17H16ClN3O4S/c1-10-4-5-11(18)8-14(10)19-26(24,25)12-6-7-15-13(9-12)16(22)21(3)17(23)20(15)2/h4-9,19H,1-3H3. The summed E-state index contributed by atoms with van der Waals surface area (Å²) in [5, 5.41) is 0.538. The number of rotatable bonds is 3. The van der Waals surface area contributed by atoms with Crippen molar-refractivity contribution in [1.29, 1.82) is 0 Å². The fraction of sp³-hybridized carbons (Fsp3) is 0.176. The molecule has 3 aromatic rings. The molecule has 0 atom stereocenters. The molecule has 0 fully saturated rings. The van der Waals surface area contributed by atoms with Crippen molar-refractivity contribution in [2.75, 3.05) is 4.72 Å². The first-order chi connectivity index (χ1) is 12.1. The van der Waals surface area contributed by atoms with Crippen LogP contribution >= 0.6 is 11.6 Å². The van der Waals surface area contributed by atoms with Gasteiger partial charge in [-0.25, -0.2) is 13.2 Å². The number of halogens is 1. The van der Waals surface area contributed by atoms with Gasteiger partial charge in [-0.1, -0.05) is 17.7 Å². The maximum Gasteiger partial charge on any atom is 0.330 e. The second-order valence-corrected chi connectivity index (χ2v) is 8.07. The van der Waals surface area contributed by atoms with Gasteiger partial charge in [0.1, 0.15) is 0 Å². The molecule has 0 unspecified atom stereocenters. The Kier molecular flexibility index (Phi) is 4.41. The lowest BCUT2D eigenvalue weighted by atomic mass is 10.2. The molecule has 1 aromatic heterocycles. The highest BCUT2D eigenvalue weighted by molar-refractivity contribution is 7.92. The first kappa shape index (κ1) is 18.2. The zero-order chi connectivity index (χ0) is 19.2. The number of hydrogen-bond acceptors (Lipinski definition) is 4. The lowest BCUT2D eigenvalue weighted by Gasteiger charge is -2.12. The van der Waals surface area contributed by atoms with Crippen LogP contribution in [0.3, 0.4) is 0 Å². The van der Waals surface area contributed by atoms with Gasteiger partial charge in [-0.05, 0) is 42.8 Å². The van der Waals surface area contributed by atoms with Crippen molar-refractivity contribution >= 4 is 38.2 Å². The van der Waals surface area contributed by atoms with Crippen LogP contribution in [0, 0.1) is 6.92 Å². The Bertz CT molecular complexity index is 1260. The first-order valence-corrected chi connectivity index (χ1v) is 9.46. The van der Waals surface area contributed by atoms with E-state index in [1.807, 2.05) is 0 Å². The third kappa shape index (κ3) is 3.02. The average Bonchev–Trinajstić information content (AvgIpc) is 2.60. The maximum atomic E-state index is 12.7. The van der Waals surface area contributed by atoms with Crippen LogP contribution in [0.5, 0.6) is 0 Å². The molecule has 0 radical (unpaired) electrons. The Labute approximate surface area is 154 Å². The summed E-state index contributed by atoms with van der Waals surface area (Å²) in [5.41, 5.74) is 0.379. The van der Waals surface area contributed by atoms with Crippen LogP contribution < -0.4 is 16.0 Å². The lowest BCUT2D eigenvalue weighted by Crippen LogP contribution is -2.37. The normalized spacial score (nSPS) is 11.7. The third-order valence-corrected chi connectivity index (χ3v) is 5.79. The zero-order valence-corrected chi connectivity index (χ0v) is 15.9. The van der Waals surface area contributed by atoms with Gasteiger partial charge in [-0.2, -0.15) is 0 Å². The van der Waals surface area contributed by atoms with Gasteiger partial charge in [0.15, 0.2) is 0 Å². The molecule has 0 saturated heterocycles. The van der Waals surface area contributed by atoms with Crippen LogP contribution in [0.1, 0.15) is 5.56 Å². The number of nitrogens with zero attached hydrogens (tertiary/aromatic N) is 2. The molecule has 1 heterocycles. The van der Waals surface area contributed by atoms with Gasteiger partial charge < -0.3 is 0 Å². The van der Waals surface area contributed by atoms with E-state index in [-0.39, 0.29) is 10.3 Å². The van der Waals surface area contributed by atoms with Crippen molar-refractivity contribution in [2.24, 2.45) is 14.1 Å². The first-order valence-electron chi connectivity index (χ1n) is 7.60. The molecule has 3 rings (SSSR count). The van der Waals surface area contributed by atoms with E-state index in [1.54, 1.807) is 19.1 Å². The fourth-order valence-corrected chi connectivity index (χ4v) is 3.97. The van der Waals surface area contributed by atoms with Crippen LogP contribution in [0.2, 0.25) is 5.02 Å². The van der Waals surface area contributed by atoms with E-state index in [9.17, 15) is 18.0 Å². The number of hydrogen-bond donors (Lipinski definition) is 1. The zero-order valence-electron chi connectivity index (χ0n) is 14.3. The Morgan fingerprint density at radius 3 is 2.38 bits per heavy atom. The minimum atomic E-state index is -3.94. The smallest absolute Gasteiger partial charge is 0.296 e. The second-order valence-electron chi connectivity index (χ2n) is 5.95. The minimum absolute atomic E-state index is 0.0832. The van der Waals surface area contributed by atoms with Crippen LogP contribution in [-0.2, 0) is 24.1 Å². The summed E-state index contributed by atoms with van der Waals surface area (Å²) in [7, 11) is -1.08. The van der Waals surface area contributed by atoms with Gasteiger partial charge in [-0.3, -0.25) is 18.7 Å². The molecule has 0 aliphatic carbocycles. The van der Waals surface area contributed by atoms with Crippen molar-refractivity contribution in [2.45, 2.75) is 11.8 Å². The summed E-state index contributed by atoms with van der Waals surface area (Å²) in [5.74, 6) is 0. The Morgan fingerprint density at radius 2 is 1.69 bits per heavy atom. The van der Waals surface area contributed by atoms with Crippen molar-refractivity contribution in [3.63, 3.8) is 0 Å². The van der Waals surface area contributed by atoms with E-state index < -0.39 is 21.3 Å². The van der Waals surface area contributed by atoms with Gasteiger partial charge in [0.25, 0.3) is 15.6 Å². The topological polar surface area (TPSA) is 90.2 Å². The molecule has 0 saturated carbocycles. The summed E-state index contributed by atoms with van der Waals surface area (Å²) in [4.78, 5) is 24.2. The minimum Gasteiger partial charge on any atom is -0.296 e. The molecule has 0 aliphatic heterocycles. The number of aromatic nitrogens is 2. The largest absolute Gasteiger partial charge is 0.330 e. The summed E-state index contributed by atoms with van der Waals surface area (Å²) in [6.45, 7) is 1.75. The predicted molar refractivity (Wildman–Crippen MR) is 101 cm³/mol. The van der Waals surface area contributed by atoms with Crippen molar-refractivity contribution in [3.05, 3.63) is 67.8 Å². The Balaban J connectivity index is 2.17. The highest BCUT2D eigenvalue weighted by atomic mass is 35.5. The molecule has 1 N–H and O–H groups in total. The Morgan fingerprint density at radius 1 is 1.00 bits per heavy atom. The molecule has 0 amide bonds. The molecule has 136 valence electrons. The van der Waals surface area contributed by atoms with Crippen LogP contribution in [0.4, 0.5) is 5.69 Å². The van der Waals surface area contributed by atoms with Crippen molar-refractivity contribution < 1.29 is 8.42 Å². The number of nitrogens with one attached hydrogen (secondary N) is 1. The quantitative estimate of drug-likeness (QED) is 0.736. The summed E-state index contributed by atoms with van der Waals surface area (Å²) in [6.07, 6.45) is 0. The monoisotopic (exact) mass is 393 g/mol. The number of anilines is 1. The fourth-order valence-electron chi connectivity index (χ4n) is 2.65. The molecular weight excluding hydrogens is 378 g/mol. The third-order valence-electron chi connectivity index (χ3n) is 4.19. The molecular formula is C17H16ClN3O4S. The summed E-state index contributed by atoms with van der Waals surface area (Å²) < 4.78 is 30.2. The number of sulfonamides is 1. The molecule has 9 heteroatoms. The van der Waals surface area contributed by atoms with Crippen LogP contribution in [-0.4, -0.2) is 17.6 Å². The van der Waals surface area contributed by atoms with Crippen LogP contribution in [0.25, 0.3) is 10.9 Å². The molecule has 26 heavy (non-hydrogen) atoms.